The van der Waals surface area contributed by atoms with E-state index in [0.29, 0.717) is 24.2 Å². The van der Waals surface area contributed by atoms with Gasteiger partial charge in [-0.25, -0.2) is 4.98 Å². The lowest BCUT2D eigenvalue weighted by Crippen LogP contribution is -2.39. The summed E-state index contributed by atoms with van der Waals surface area (Å²) >= 11 is 5.71. The van der Waals surface area contributed by atoms with E-state index < -0.39 is 23.9 Å². The van der Waals surface area contributed by atoms with Crippen molar-refractivity contribution in [3.63, 3.8) is 0 Å². The molecule has 1 saturated carbocycles. The van der Waals surface area contributed by atoms with Crippen LogP contribution in [-0.4, -0.2) is 17.1 Å². The first-order valence-electron chi connectivity index (χ1n) is 6.80. The fourth-order valence-electron chi connectivity index (χ4n) is 2.72. The van der Waals surface area contributed by atoms with E-state index in [-0.39, 0.29) is 18.0 Å². The van der Waals surface area contributed by atoms with E-state index in [1.807, 2.05) is 0 Å². The molecule has 1 aliphatic rings. The topological polar surface area (TPSA) is 42.0 Å². The fourth-order valence-corrected chi connectivity index (χ4v) is 2.91. The number of carbonyl (C=O) groups is 1. The second-order valence-corrected chi connectivity index (χ2v) is 5.68. The van der Waals surface area contributed by atoms with Crippen molar-refractivity contribution in [2.24, 2.45) is 11.8 Å². The maximum absolute atomic E-state index is 13.0. The van der Waals surface area contributed by atoms with E-state index in [2.05, 4.69) is 10.3 Å². The Kier molecular flexibility index (Phi) is 4.76. The number of anilines is 1. The highest BCUT2D eigenvalue weighted by molar-refractivity contribution is 6.29. The number of rotatable bonds is 2. The maximum Gasteiger partial charge on any atom is 0.392 e. The summed E-state index contributed by atoms with van der Waals surface area (Å²) in [6, 6.07) is 3.04. The van der Waals surface area contributed by atoms with Crippen LogP contribution in [0.5, 0.6) is 0 Å². The monoisotopic (exact) mass is 320 g/mol. The third-order valence-corrected chi connectivity index (χ3v) is 4.04. The molecule has 0 spiro atoms. The van der Waals surface area contributed by atoms with Crippen molar-refractivity contribution in [2.75, 3.05) is 5.32 Å². The summed E-state index contributed by atoms with van der Waals surface area (Å²) in [4.78, 5) is 16.2. The van der Waals surface area contributed by atoms with Crippen LogP contribution in [0.15, 0.2) is 12.1 Å². The van der Waals surface area contributed by atoms with E-state index in [4.69, 9.17) is 11.6 Å². The van der Waals surface area contributed by atoms with Crippen LogP contribution in [0.4, 0.5) is 18.9 Å². The van der Waals surface area contributed by atoms with Crippen LogP contribution in [0.1, 0.15) is 31.4 Å². The predicted molar refractivity (Wildman–Crippen MR) is 74.1 cm³/mol. The van der Waals surface area contributed by atoms with Crippen molar-refractivity contribution in [1.29, 1.82) is 0 Å². The van der Waals surface area contributed by atoms with Gasteiger partial charge in [0.15, 0.2) is 0 Å². The van der Waals surface area contributed by atoms with Crippen molar-refractivity contribution >= 4 is 23.2 Å². The minimum Gasteiger partial charge on any atom is -0.324 e. The number of amides is 1. The van der Waals surface area contributed by atoms with Gasteiger partial charge in [0.2, 0.25) is 5.91 Å². The molecule has 1 aromatic heterocycles. The molecule has 2 rings (SSSR count). The van der Waals surface area contributed by atoms with Gasteiger partial charge in [-0.3, -0.25) is 4.79 Å². The van der Waals surface area contributed by atoms with E-state index in [1.54, 1.807) is 13.0 Å². The molecule has 1 heterocycles. The van der Waals surface area contributed by atoms with Crippen LogP contribution >= 0.6 is 11.6 Å². The molecule has 1 amide bonds. The van der Waals surface area contributed by atoms with E-state index in [9.17, 15) is 18.0 Å². The minimum absolute atomic E-state index is 0.0133. The van der Waals surface area contributed by atoms with Gasteiger partial charge in [0.05, 0.1) is 17.3 Å². The number of aryl methyl sites for hydroxylation is 1. The van der Waals surface area contributed by atoms with Gasteiger partial charge in [-0.05, 0) is 31.9 Å². The minimum atomic E-state index is -4.34. The summed E-state index contributed by atoms with van der Waals surface area (Å²) < 4.78 is 39.0. The summed E-state index contributed by atoms with van der Waals surface area (Å²) in [6.45, 7) is 1.64. The van der Waals surface area contributed by atoms with E-state index in [0.717, 1.165) is 0 Å². The highest BCUT2D eigenvalue weighted by Crippen LogP contribution is 2.41. The Hall–Kier alpha value is -1.30. The van der Waals surface area contributed by atoms with Crippen LogP contribution in [0.3, 0.4) is 0 Å². The van der Waals surface area contributed by atoms with Crippen molar-refractivity contribution in [3.05, 3.63) is 23.0 Å². The van der Waals surface area contributed by atoms with Crippen LogP contribution in [0.2, 0.25) is 5.15 Å². The highest BCUT2D eigenvalue weighted by atomic mass is 35.5. The van der Waals surface area contributed by atoms with Crippen molar-refractivity contribution in [2.45, 2.75) is 38.8 Å². The van der Waals surface area contributed by atoms with Crippen LogP contribution in [-0.2, 0) is 4.79 Å². The second-order valence-electron chi connectivity index (χ2n) is 5.30. The summed E-state index contributed by atoms with van der Waals surface area (Å²) in [6.07, 6.45) is -2.91. The Morgan fingerprint density at radius 2 is 2.00 bits per heavy atom. The lowest BCUT2D eigenvalue weighted by atomic mass is 9.78. The first-order chi connectivity index (χ1) is 9.79. The third-order valence-electron chi connectivity index (χ3n) is 3.83. The van der Waals surface area contributed by atoms with E-state index >= 15 is 0 Å². The van der Waals surface area contributed by atoms with Crippen molar-refractivity contribution in [3.8, 4) is 0 Å². The summed E-state index contributed by atoms with van der Waals surface area (Å²) in [7, 11) is 0. The molecule has 21 heavy (non-hydrogen) atoms. The number of nitrogens with one attached hydrogen (secondary N) is 1. The van der Waals surface area contributed by atoms with E-state index in [1.165, 1.54) is 6.07 Å². The molecular formula is C14H16ClF3N2O. The molecule has 116 valence electrons. The number of pyridine rings is 1. The van der Waals surface area contributed by atoms with Gasteiger partial charge in [-0.1, -0.05) is 24.4 Å². The smallest absolute Gasteiger partial charge is 0.324 e. The zero-order valence-electron chi connectivity index (χ0n) is 11.5. The molecule has 1 fully saturated rings. The Bertz CT molecular complexity index is 533. The Balaban J connectivity index is 2.14. The van der Waals surface area contributed by atoms with Gasteiger partial charge >= 0.3 is 6.18 Å². The molecular weight excluding hydrogens is 305 g/mol. The predicted octanol–water partition coefficient (Wildman–Crippen LogP) is 4.35. The molecule has 1 aliphatic carbocycles. The summed E-state index contributed by atoms with van der Waals surface area (Å²) in [5.74, 6) is -3.19. The van der Waals surface area contributed by atoms with Gasteiger partial charge in [0.25, 0.3) is 0 Å². The normalized spacial score (nSPS) is 22.9. The van der Waals surface area contributed by atoms with Crippen LogP contribution in [0.25, 0.3) is 0 Å². The zero-order chi connectivity index (χ0) is 15.6. The maximum atomic E-state index is 13.0. The van der Waals surface area contributed by atoms with Gasteiger partial charge in [0, 0.05) is 5.92 Å². The summed E-state index contributed by atoms with van der Waals surface area (Å²) in [5.41, 5.74) is 0.881. The number of nitrogens with zero attached hydrogens (tertiary/aromatic N) is 1. The quantitative estimate of drug-likeness (QED) is 0.823. The summed E-state index contributed by atoms with van der Waals surface area (Å²) in [5, 5.41) is 2.82. The van der Waals surface area contributed by atoms with Gasteiger partial charge in [0.1, 0.15) is 5.15 Å². The molecule has 2 unspecified atom stereocenters. The lowest BCUT2D eigenvalue weighted by molar-refractivity contribution is -0.197. The van der Waals surface area contributed by atoms with Gasteiger partial charge in [-0.2, -0.15) is 13.2 Å². The third kappa shape index (κ3) is 3.87. The standard InChI is InChI=1S/C14H16ClF3N2O/c1-8-11(6-7-12(15)19-8)20-13(21)9-4-2-3-5-10(9)14(16,17)18/h6-7,9-10H,2-5H2,1H3,(H,20,21). The Morgan fingerprint density at radius 1 is 1.33 bits per heavy atom. The second kappa shape index (κ2) is 6.22. The average Bonchev–Trinajstić information content (AvgIpc) is 2.41. The number of hydrogen-bond acceptors (Lipinski definition) is 2. The first-order valence-corrected chi connectivity index (χ1v) is 7.17. The molecule has 0 aromatic carbocycles. The first kappa shape index (κ1) is 16.1. The van der Waals surface area contributed by atoms with Crippen LogP contribution < -0.4 is 5.32 Å². The van der Waals surface area contributed by atoms with Crippen LogP contribution in [0, 0.1) is 18.8 Å². The average molecular weight is 321 g/mol. The molecule has 3 nitrogen and oxygen atoms in total. The molecule has 2 atom stereocenters. The molecule has 1 aromatic rings. The number of hydrogen-bond donors (Lipinski definition) is 1. The Labute approximate surface area is 125 Å². The number of halogens is 4. The molecule has 0 bridgehead atoms. The van der Waals surface area contributed by atoms with Crippen molar-refractivity contribution < 1.29 is 18.0 Å². The largest absolute Gasteiger partial charge is 0.392 e. The number of alkyl halides is 3. The molecule has 0 aliphatic heterocycles. The van der Waals surface area contributed by atoms with Gasteiger partial charge < -0.3 is 5.32 Å². The molecule has 7 heteroatoms. The fraction of sp³-hybridized carbons (Fsp3) is 0.571. The van der Waals surface area contributed by atoms with Crippen molar-refractivity contribution in [1.82, 2.24) is 4.98 Å². The SMILES string of the molecule is Cc1nc(Cl)ccc1NC(=O)C1CCCCC1C(F)(F)F. The molecule has 0 radical (unpaired) electrons. The Morgan fingerprint density at radius 3 is 2.62 bits per heavy atom. The molecule has 0 saturated heterocycles. The highest BCUT2D eigenvalue weighted by Gasteiger charge is 2.48. The zero-order valence-corrected chi connectivity index (χ0v) is 12.3. The molecule has 1 N–H and O–H groups in total. The number of aromatic nitrogens is 1. The van der Waals surface area contributed by atoms with Gasteiger partial charge in [-0.15, -0.1) is 0 Å². The lowest BCUT2D eigenvalue weighted by Gasteiger charge is -2.32. The number of carbonyl (C=O) groups excluding carboxylic acids is 1.